The van der Waals surface area contributed by atoms with Gasteiger partial charge in [-0.1, -0.05) is 26.2 Å². The number of methoxy groups -OCH3 is 1. The Bertz CT molecular complexity index is 345. The summed E-state index contributed by atoms with van der Waals surface area (Å²) >= 11 is 0. The van der Waals surface area contributed by atoms with E-state index in [1.54, 1.807) is 7.11 Å². The predicted octanol–water partition coefficient (Wildman–Crippen LogP) is 3.76. The Morgan fingerprint density at radius 3 is 2.65 bits per heavy atom. The lowest BCUT2D eigenvalue weighted by Gasteiger charge is -2.18. The van der Waals surface area contributed by atoms with Crippen LogP contribution in [0, 0.1) is 0 Å². The lowest BCUT2D eigenvalue weighted by Crippen LogP contribution is -2.17. The molecule has 0 aliphatic heterocycles. The van der Waals surface area contributed by atoms with E-state index in [-0.39, 0.29) is 0 Å². The second kappa shape index (κ2) is 10.7. The highest BCUT2D eigenvalue weighted by molar-refractivity contribution is 5.74. The summed E-state index contributed by atoms with van der Waals surface area (Å²) in [6, 6.07) is 0. The van der Waals surface area contributed by atoms with E-state index in [9.17, 15) is 4.79 Å². The van der Waals surface area contributed by atoms with Gasteiger partial charge in [0.05, 0.1) is 6.61 Å². The van der Waals surface area contributed by atoms with Gasteiger partial charge in [-0.3, -0.25) is 4.79 Å². The zero-order valence-corrected chi connectivity index (χ0v) is 13.0. The van der Waals surface area contributed by atoms with Crippen LogP contribution in [0.5, 0.6) is 0 Å². The van der Waals surface area contributed by atoms with Crippen LogP contribution in [0.25, 0.3) is 0 Å². The molecule has 3 nitrogen and oxygen atoms in total. The van der Waals surface area contributed by atoms with Crippen LogP contribution < -0.4 is 5.32 Å². The molecule has 0 saturated heterocycles. The zero-order valence-electron chi connectivity index (χ0n) is 13.0. The number of carbonyl (C=O) groups is 1. The van der Waals surface area contributed by atoms with E-state index >= 15 is 0 Å². The molecule has 0 heterocycles. The van der Waals surface area contributed by atoms with Crippen molar-refractivity contribution in [2.75, 3.05) is 20.3 Å². The van der Waals surface area contributed by atoms with E-state index in [1.807, 2.05) is 6.08 Å². The average molecular weight is 279 g/mol. The number of allylic oxidation sites excluding steroid dienone is 3. The zero-order chi connectivity index (χ0) is 14.6. The molecule has 1 aliphatic rings. The number of ether oxygens (including phenoxy) is 1. The summed E-state index contributed by atoms with van der Waals surface area (Å²) in [6.45, 7) is 3.64. The number of nitrogens with one attached hydrogen (secondary N) is 1. The third-order valence-corrected chi connectivity index (χ3v) is 3.70. The van der Waals surface area contributed by atoms with Crippen molar-refractivity contribution in [3.63, 3.8) is 0 Å². The van der Waals surface area contributed by atoms with Crippen LogP contribution in [0.2, 0.25) is 0 Å². The quantitative estimate of drug-likeness (QED) is 0.418. The molecule has 1 N–H and O–H groups in total. The molecule has 0 aromatic heterocycles. The Morgan fingerprint density at radius 2 is 2.00 bits per heavy atom. The van der Waals surface area contributed by atoms with Crippen molar-refractivity contribution in [3.05, 3.63) is 22.9 Å². The molecule has 0 aromatic rings. The molecule has 20 heavy (non-hydrogen) atoms. The number of carbonyl (C=O) groups excluding carboxylic acids is 1. The fourth-order valence-electron chi connectivity index (χ4n) is 2.56. The van der Waals surface area contributed by atoms with E-state index in [4.69, 9.17) is 4.74 Å². The average Bonchev–Trinajstić information content (AvgIpc) is 2.44. The first-order valence-corrected chi connectivity index (χ1v) is 7.92. The Morgan fingerprint density at radius 1 is 1.25 bits per heavy atom. The van der Waals surface area contributed by atoms with Gasteiger partial charge >= 0.3 is 0 Å². The van der Waals surface area contributed by atoms with E-state index < -0.39 is 0 Å². The molecular weight excluding hydrogens is 250 g/mol. The highest BCUT2D eigenvalue weighted by Crippen LogP contribution is 2.23. The molecule has 114 valence electrons. The Labute approximate surface area is 123 Å². The maximum absolute atomic E-state index is 11.1. The first kappa shape index (κ1) is 17.0. The molecule has 0 unspecified atom stereocenters. The van der Waals surface area contributed by atoms with Gasteiger partial charge in [-0.15, -0.1) is 0 Å². The first-order chi connectivity index (χ1) is 9.81. The second-order valence-corrected chi connectivity index (χ2v) is 5.47. The minimum atomic E-state index is 0.398. The highest BCUT2D eigenvalue weighted by atomic mass is 16.5. The minimum Gasteiger partial charge on any atom is -0.388 e. The maximum atomic E-state index is 11.1. The molecule has 0 aromatic carbocycles. The third-order valence-electron chi connectivity index (χ3n) is 3.70. The van der Waals surface area contributed by atoms with E-state index in [0.29, 0.717) is 6.61 Å². The summed E-state index contributed by atoms with van der Waals surface area (Å²) < 4.78 is 5.08. The van der Waals surface area contributed by atoms with Crippen molar-refractivity contribution in [2.45, 2.75) is 58.3 Å². The molecule has 3 heteroatoms. The lowest BCUT2D eigenvalue weighted by atomic mass is 9.95. The number of hydrogen-bond donors (Lipinski definition) is 1. The van der Waals surface area contributed by atoms with Gasteiger partial charge in [0.1, 0.15) is 6.29 Å². The van der Waals surface area contributed by atoms with E-state index in [1.165, 1.54) is 49.8 Å². The smallest absolute Gasteiger partial charge is 0.148 e. The van der Waals surface area contributed by atoms with Crippen molar-refractivity contribution >= 4 is 6.29 Å². The third kappa shape index (κ3) is 6.38. The molecule has 0 bridgehead atoms. The first-order valence-electron chi connectivity index (χ1n) is 7.92. The predicted molar refractivity (Wildman–Crippen MR) is 83.7 cm³/mol. The molecule has 1 rings (SSSR count). The van der Waals surface area contributed by atoms with Gasteiger partial charge < -0.3 is 10.1 Å². The molecule has 0 fully saturated rings. The van der Waals surface area contributed by atoms with Gasteiger partial charge in [0, 0.05) is 24.9 Å². The van der Waals surface area contributed by atoms with Crippen molar-refractivity contribution < 1.29 is 9.53 Å². The normalized spacial score (nSPS) is 21.2. The number of aldehydes is 1. The Hall–Kier alpha value is -1.09. The van der Waals surface area contributed by atoms with Gasteiger partial charge in [0.2, 0.25) is 0 Å². The van der Waals surface area contributed by atoms with E-state index in [2.05, 4.69) is 12.2 Å². The van der Waals surface area contributed by atoms with Crippen LogP contribution >= 0.6 is 0 Å². The van der Waals surface area contributed by atoms with Gasteiger partial charge in [0.15, 0.2) is 0 Å². The van der Waals surface area contributed by atoms with E-state index in [0.717, 1.165) is 31.2 Å². The Kier molecular flexibility index (Phi) is 9.05. The molecular formula is C17H29NO2. The molecule has 0 atom stereocenters. The number of hydrogen-bond acceptors (Lipinski definition) is 3. The largest absolute Gasteiger partial charge is 0.388 e. The van der Waals surface area contributed by atoms with Crippen LogP contribution in [0.1, 0.15) is 58.3 Å². The monoisotopic (exact) mass is 279 g/mol. The standard InChI is InChI=1S/C17H29NO2/c1-3-4-11-18-17-10-8-6-5-7-9-16(17)12-15(13-19)14-20-2/h12-13,18H,3-11,14H2,1-2H3/b15-12-,17-16-. The number of unbranched alkanes of at least 4 members (excludes halogenated alkanes) is 1. The summed E-state index contributed by atoms with van der Waals surface area (Å²) in [5.41, 5.74) is 3.38. The van der Waals surface area contributed by atoms with Crippen molar-refractivity contribution in [1.29, 1.82) is 0 Å². The van der Waals surface area contributed by atoms with Crippen molar-refractivity contribution in [2.24, 2.45) is 0 Å². The summed E-state index contributed by atoms with van der Waals surface area (Å²) in [6.07, 6.45) is 12.6. The molecule has 0 saturated carbocycles. The van der Waals surface area contributed by atoms with Crippen LogP contribution in [-0.4, -0.2) is 26.5 Å². The fourth-order valence-corrected chi connectivity index (χ4v) is 2.56. The fraction of sp³-hybridized carbons (Fsp3) is 0.706. The lowest BCUT2D eigenvalue weighted by molar-refractivity contribution is -0.105. The van der Waals surface area contributed by atoms with Crippen molar-refractivity contribution in [3.8, 4) is 0 Å². The SMILES string of the molecule is CCCCN/C1=C(\C=C(\C=O)COC)CCCCCC1. The van der Waals surface area contributed by atoms with Gasteiger partial charge in [-0.05, 0) is 43.8 Å². The van der Waals surface area contributed by atoms with Gasteiger partial charge in [-0.2, -0.15) is 0 Å². The summed E-state index contributed by atoms with van der Waals surface area (Å²) in [4.78, 5) is 11.1. The summed E-state index contributed by atoms with van der Waals surface area (Å²) in [7, 11) is 1.63. The molecule has 0 spiro atoms. The highest BCUT2D eigenvalue weighted by Gasteiger charge is 2.09. The van der Waals surface area contributed by atoms with Gasteiger partial charge in [-0.25, -0.2) is 0 Å². The van der Waals surface area contributed by atoms with Crippen LogP contribution in [-0.2, 0) is 9.53 Å². The van der Waals surface area contributed by atoms with Gasteiger partial charge in [0.25, 0.3) is 0 Å². The molecule has 1 aliphatic carbocycles. The Balaban J connectivity index is 2.86. The molecule has 0 radical (unpaired) electrons. The van der Waals surface area contributed by atoms with Crippen LogP contribution in [0.3, 0.4) is 0 Å². The number of rotatable bonds is 8. The van der Waals surface area contributed by atoms with Crippen LogP contribution in [0.4, 0.5) is 0 Å². The maximum Gasteiger partial charge on any atom is 0.148 e. The second-order valence-electron chi connectivity index (χ2n) is 5.47. The summed E-state index contributed by atoms with van der Waals surface area (Å²) in [5.74, 6) is 0. The minimum absolute atomic E-state index is 0.398. The summed E-state index contributed by atoms with van der Waals surface area (Å²) in [5, 5.41) is 3.59. The van der Waals surface area contributed by atoms with Crippen LogP contribution in [0.15, 0.2) is 22.9 Å². The molecule has 0 amide bonds. The topological polar surface area (TPSA) is 38.3 Å². The van der Waals surface area contributed by atoms with Crippen molar-refractivity contribution in [1.82, 2.24) is 5.32 Å².